The molecule has 0 heterocycles. The topological polar surface area (TPSA) is 29.3 Å². The second-order valence-electron chi connectivity index (χ2n) is 5.64. The molecule has 1 atom stereocenters. The van der Waals surface area contributed by atoms with Gasteiger partial charge in [0.15, 0.2) is 0 Å². The standard InChI is InChI=1S/C16H28N2/c1-5-11-16(3,12-17)13-18(4)15-9-7-14(6-2)8-10-15/h7-10H,5-6,11-13,17H2,1-4H3. The lowest BCUT2D eigenvalue weighted by molar-refractivity contribution is 0.312. The molecule has 102 valence electrons. The first-order chi connectivity index (χ1) is 8.54. The Morgan fingerprint density at radius 3 is 2.22 bits per heavy atom. The van der Waals surface area contributed by atoms with E-state index in [4.69, 9.17) is 5.73 Å². The molecule has 0 aliphatic heterocycles. The van der Waals surface area contributed by atoms with E-state index in [1.54, 1.807) is 0 Å². The van der Waals surface area contributed by atoms with Gasteiger partial charge < -0.3 is 10.6 Å². The highest BCUT2D eigenvalue weighted by Gasteiger charge is 2.23. The van der Waals surface area contributed by atoms with Gasteiger partial charge in [0.1, 0.15) is 0 Å². The second kappa shape index (κ2) is 6.79. The van der Waals surface area contributed by atoms with Crippen LogP contribution in [0.3, 0.4) is 0 Å². The third-order valence-corrected chi connectivity index (χ3v) is 3.75. The number of nitrogens with two attached hydrogens (primary N) is 1. The van der Waals surface area contributed by atoms with E-state index >= 15 is 0 Å². The van der Waals surface area contributed by atoms with Gasteiger partial charge in [-0.25, -0.2) is 0 Å². The Balaban J connectivity index is 2.70. The molecule has 1 aromatic rings. The SMILES string of the molecule is CCCC(C)(CN)CN(C)c1ccc(CC)cc1. The van der Waals surface area contributed by atoms with E-state index in [1.807, 2.05) is 0 Å². The Hall–Kier alpha value is -1.02. The van der Waals surface area contributed by atoms with Gasteiger partial charge in [0.2, 0.25) is 0 Å². The van der Waals surface area contributed by atoms with Crippen LogP contribution < -0.4 is 10.6 Å². The summed E-state index contributed by atoms with van der Waals surface area (Å²) in [5.41, 5.74) is 8.83. The summed E-state index contributed by atoms with van der Waals surface area (Å²) >= 11 is 0. The molecule has 2 N–H and O–H groups in total. The second-order valence-corrected chi connectivity index (χ2v) is 5.64. The first-order valence-electron chi connectivity index (χ1n) is 7.05. The molecule has 0 amide bonds. The van der Waals surface area contributed by atoms with E-state index < -0.39 is 0 Å². The molecule has 0 aromatic heterocycles. The summed E-state index contributed by atoms with van der Waals surface area (Å²) in [6.07, 6.45) is 3.47. The third kappa shape index (κ3) is 4.02. The molecular weight excluding hydrogens is 220 g/mol. The Kier molecular flexibility index (Phi) is 5.67. The molecule has 0 aliphatic rings. The lowest BCUT2D eigenvalue weighted by Gasteiger charge is -2.33. The van der Waals surface area contributed by atoms with Crippen LogP contribution in [0.25, 0.3) is 0 Å². The van der Waals surface area contributed by atoms with Gasteiger partial charge in [-0.05, 0) is 42.5 Å². The molecule has 2 heteroatoms. The molecule has 18 heavy (non-hydrogen) atoms. The summed E-state index contributed by atoms with van der Waals surface area (Å²) in [6.45, 7) is 8.46. The highest BCUT2D eigenvalue weighted by atomic mass is 15.1. The summed E-state index contributed by atoms with van der Waals surface area (Å²) in [5, 5.41) is 0. The van der Waals surface area contributed by atoms with Crippen LogP contribution in [0.15, 0.2) is 24.3 Å². The van der Waals surface area contributed by atoms with Gasteiger partial charge in [0, 0.05) is 19.3 Å². The maximum Gasteiger partial charge on any atom is 0.0363 e. The number of anilines is 1. The van der Waals surface area contributed by atoms with Crippen molar-refractivity contribution < 1.29 is 0 Å². The van der Waals surface area contributed by atoms with E-state index in [0.29, 0.717) is 0 Å². The van der Waals surface area contributed by atoms with Crippen molar-refractivity contribution in [3.05, 3.63) is 29.8 Å². The molecule has 0 saturated carbocycles. The minimum atomic E-state index is 0.215. The predicted molar refractivity (Wildman–Crippen MR) is 81.2 cm³/mol. The first-order valence-corrected chi connectivity index (χ1v) is 7.05. The molecule has 1 unspecified atom stereocenters. The molecule has 0 spiro atoms. The van der Waals surface area contributed by atoms with Crippen LogP contribution in [0.2, 0.25) is 0 Å². The zero-order valence-electron chi connectivity index (χ0n) is 12.4. The van der Waals surface area contributed by atoms with E-state index in [2.05, 4.69) is 57.0 Å². The van der Waals surface area contributed by atoms with Gasteiger partial charge in [-0.3, -0.25) is 0 Å². The first kappa shape index (κ1) is 15.0. The fraction of sp³-hybridized carbons (Fsp3) is 0.625. The normalized spacial score (nSPS) is 14.3. The summed E-state index contributed by atoms with van der Waals surface area (Å²) in [4.78, 5) is 2.32. The smallest absolute Gasteiger partial charge is 0.0363 e. The fourth-order valence-corrected chi connectivity index (χ4v) is 2.50. The maximum atomic E-state index is 5.94. The van der Waals surface area contributed by atoms with E-state index in [-0.39, 0.29) is 5.41 Å². The minimum absolute atomic E-state index is 0.215. The Bertz CT molecular complexity index is 345. The largest absolute Gasteiger partial charge is 0.374 e. The monoisotopic (exact) mass is 248 g/mol. The van der Waals surface area contributed by atoms with Crippen LogP contribution in [-0.2, 0) is 6.42 Å². The Labute approximate surface area is 112 Å². The third-order valence-electron chi connectivity index (χ3n) is 3.75. The van der Waals surface area contributed by atoms with Gasteiger partial charge >= 0.3 is 0 Å². The number of hydrogen-bond acceptors (Lipinski definition) is 2. The summed E-state index contributed by atoms with van der Waals surface area (Å²) in [5.74, 6) is 0. The van der Waals surface area contributed by atoms with Crippen LogP contribution in [0, 0.1) is 5.41 Å². The maximum absolute atomic E-state index is 5.94. The van der Waals surface area contributed by atoms with Crippen LogP contribution in [0.5, 0.6) is 0 Å². The van der Waals surface area contributed by atoms with Crippen molar-refractivity contribution >= 4 is 5.69 Å². The lowest BCUT2D eigenvalue weighted by Crippen LogP contribution is -2.39. The number of benzene rings is 1. The number of aryl methyl sites for hydroxylation is 1. The molecule has 0 aliphatic carbocycles. The van der Waals surface area contributed by atoms with Crippen molar-refractivity contribution in [2.45, 2.75) is 40.0 Å². The van der Waals surface area contributed by atoms with Crippen LogP contribution in [0.1, 0.15) is 39.2 Å². The quantitative estimate of drug-likeness (QED) is 0.801. The van der Waals surface area contributed by atoms with Crippen LogP contribution in [-0.4, -0.2) is 20.1 Å². The lowest BCUT2D eigenvalue weighted by atomic mass is 9.85. The number of rotatable bonds is 7. The van der Waals surface area contributed by atoms with Gasteiger partial charge in [0.25, 0.3) is 0 Å². The average molecular weight is 248 g/mol. The molecule has 0 fully saturated rings. The molecule has 0 saturated heterocycles. The van der Waals surface area contributed by atoms with Gasteiger partial charge in [-0.2, -0.15) is 0 Å². The predicted octanol–water partition coefficient (Wildman–Crippen LogP) is 3.45. The number of nitrogens with zero attached hydrogens (tertiary/aromatic N) is 1. The van der Waals surface area contributed by atoms with Crippen molar-refractivity contribution in [1.29, 1.82) is 0 Å². The van der Waals surface area contributed by atoms with E-state index in [0.717, 1.165) is 19.5 Å². The average Bonchev–Trinajstić information content (AvgIpc) is 2.39. The Morgan fingerprint density at radius 1 is 1.17 bits per heavy atom. The fourth-order valence-electron chi connectivity index (χ4n) is 2.50. The summed E-state index contributed by atoms with van der Waals surface area (Å²) in [6, 6.07) is 8.85. The highest BCUT2D eigenvalue weighted by molar-refractivity contribution is 5.47. The van der Waals surface area contributed by atoms with Gasteiger partial charge in [-0.1, -0.05) is 39.3 Å². The molecule has 1 aromatic carbocycles. The van der Waals surface area contributed by atoms with Crippen molar-refractivity contribution in [3.63, 3.8) is 0 Å². The molecular formula is C16H28N2. The minimum Gasteiger partial charge on any atom is -0.374 e. The molecule has 0 bridgehead atoms. The van der Waals surface area contributed by atoms with Crippen LogP contribution in [0.4, 0.5) is 5.69 Å². The molecule has 1 rings (SSSR count). The van der Waals surface area contributed by atoms with Gasteiger partial charge in [0.05, 0.1) is 0 Å². The van der Waals surface area contributed by atoms with Crippen molar-refractivity contribution in [2.75, 3.05) is 25.0 Å². The zero-order chi connectivity index (χ0) is 13.6. The van der Waals surface area contributed by atoms with E-state index in [9.17, 15) is 0 Å². The molecule has 0 radical (unpaired) electrons. The zero-order valence-corrected chi connectivity index (χ0v) is 12.4. The molecule has 2 nitrogen and oxygen atoms in total. The van der Waals surface area contributed by atoms with Crippen molar-refractivity contribution in [2.24, 2.45) is 11.1 Å². The summed E-state index contributed by atoms with van der Waals surface area (Å²) < 4.78 is 0. The highest BCUT2D eigenvalue weighted by Crippen LogP contribution is 2.25. The summed E-state index contributed by atoms with van der Waals surface area (Å²) in [7, 11) is 2.16. The van der Waals surface area contributed by atoms with Crippen LogP contribution >= 0.6 is 0 Å². The van der Waals surface area contributed by atoms with Crippen molar-refractivity contribution in [1.82, 2.24) is 0 Å². The van der Waals surface area contributed by atoms with Gasteiger partial charge in [-0.15, -0.1) is 0 Å². The Morgan fingerprint density at radius 2 is 1.78 bits per heavy atom. The van der Waals surface area contributed by atoms with Crippen molar-refractivity contribution in [3.8, 4) is 0 Å². The van der Waals surface area contributed by atoms with E-state index in [1.165, 1.54) is 24.1 Å². The number of hydrogen-bond donors (Lipinski definition) is 1.